The van der Waals surface area contributed by atoms with Crippen LogP contribution in [0.2, 0.25) is 0 Å². The molecule has 1 amide bonds. The summed E-state index contributed by atoms with van der Waals surface area (Å²) in [6, 6.07) is 7.82. The first-order valence-corrected chi connectivity index (χ1v) is 9.94. The molecule has 7 heteroatoms. The lowest BCUT2D eigenvalue weighted by Gasteiger charge is -2.00. The standard InChI is InChI=1S/C17H16N2O2S3/c1-10-3-6-14(23-10)12-9-22-17(18-12)19-16(21)8-5-13(20)15-7-4-11(2)24-15/h3-4,6-7,9H,5,8H2,1-2H3,(H,18,19,21). The Labute approximate surface area is 152 Å². The number of thiazole rings is 1. The molecule has 3 heterocycles. The van der Waals surface area contributed by atoms with Gasteiger partial charge in [-0.15, -0.1) is 34.0 Å². The number of nitrogens with zero attached hydrogens (tertiary/aromatic N) is 1. The van der Waals surface area contributed by atoms with Gasteiger partial charge in [0.2, 0.25) is 5.91 Å². The van der Waals surface area contributed by atoms with Gasteiger partial charge < -0.3 is 5.32 Å². The molecular formula is C17H16N2O2S3. The Morgan fingerprint density at radius 1 is 1.04 bits per heavy atom. The molecule has 3 aromatic rings. The molecule has 0 aliphatic heterocycles. The summed E-state index contributed by atoms with van der Waals surface area (Å²) >= 11 is 4.54. The molecule has 0 atom stereocenters. The molecule has 24 heavy (non-hydrogen) atoms. The summed E-state index contributed by atoms with van der Waals surface area (Å²) in [7, 11) is 0. The quantitative estimate of drug-likeness (QED) is 0.605. The average molecular weight is 377 g/mol. The number of hydrogen-bond donors (Lipinski definition) is 1. The first kappa shape index (κ1) is 17.0. The zero-order valence-corrected chi connectivity index (χ0v) is 15.7. The summed E-state index contributed by atoms with van der Waals surface area (Å²) in [5.74, 6) is -0.169. The highest BCUT2D eigenvalue weighted by Crippen LogP contribution is 2.30. The fraction of sp³-hybridized carbons (Fsp3) is 0.235. The molecule has 0 radical (unpaired) electrons. The molecule has 0 spiro atoms. The van der Waals surface area contributed by atoms with Gasteiger partial charge in [0.05, 0.1) is 15.4 Å². The number of carbonyl (C=O) groups excluding carboxylic acids is 2. The van der Waals surface area contributed by atoms with Crippen molar-refractivity contribution in [3.8, 4) is 10.6 Å². The summed E-state index contributed by atoms with van der Waals surface area (Å²) in [6.45, 7) is 4.01. The number of carbonyl (C=O) groups is 2. The molecule has 0 unspecified atom stereocenters. The van der Waals surface area contributed by atoms with Gasteiger partial charge in [0.1, 0.15) is 0 Å². The molecule has 4 nitrogen and oxygen atoms in total. The molecule has 0 aliphatic carbocycles. The Balaban J connectivity index is 1.53. The first-order valence-electron chi connectivity index (χ1n) is 7.43. The van der Waals surface area contributed by atoms with Crippen molar-refractivity contribution in [2.45, 2.75) is 26.7 Å². The summed E-state index contributed by atoms with van der Waals surface area (Å²) in [5.41, 5.74) is 0.874. The number of ketones is 1. The van der Waals surface area contributed by atoms with E-state index in [9.17, 15) is 9.59 Å². The van der Waals surface area contributed by atoms with Crippen molar-refractivity contribution in [1.29, 1.82) is 0 Å². The van der Waals surface area contributed by atoms with Crippen LogP contribution in [0.3, 0.4) is 0 Å². The lowest BCUT2D eigenvalue weighted by molar-refractivity contribution is -0.116. The van der Waals surface area contributed by atoms with Crippen LogP contribution in [0.5, 0.6) is 0 Å². The largest absolute Gasteiger partial charge is 0.302 e. The molecule has 0 aromatic carbocycles. The van der Waals surface area contributed by atoms with E-state index >= 15 is 0 Å². The van der Waals surface area contributed by atoms with Gasteiger partial charge in [-0.1, -0.05) is 0 Å². The van der Waals surface area contributed by atoms with Crippen LogP contribution in [0.25, 0.3) is 10.6 Å². The molecule has 124 valence electrons. The SMILES string of the molecule is Cc1ccc(C(=O)CCC(=O)Nc2nc(-c3ccc(C)s3)cs2)s1. The van der Waals surface area contributed by atoms with Crippen LogP contribution in [0, 0.1) is 13.8 Å². The number of rotatable bonds is 6. The molecule has 0 saturated carbocycles. The minimum absolute atomic E-state index is 0.0112. The van der Waals surface area contributed by atoms with Crippen LogP contribution < -0.4 is 5.32 Å². The minimum atomic E-state index is -0.181. The summed E-state index contributed by atoms with van der Waals surface area (Å²) in [6.07, 6.45) is 0.386. The molecule has 0 saturated heterocycles. The van der Waals surface area contributed by atoms with Gasteiger partial charge in [0.15, 0.2) is 10.9 Å². The fourth-order valence-corrected chi connectivity index (χ4v) is 4.60. The Morgan fingerprint density at radius 3 is 2.46 bits per heavy atom. The normalized spacial score (nSPS) is 10.8. The van der Waals surface area contributed by atoms with Crippen molar-refractivity contribution >= 4 is 50.8 Å². The predicted octanol–water partition coefficient (Wildman–Crippen LogP) is 5.15. The highest BCUT2D eigenvalue weighted by atomic mass is 32.1. The number of amides is 1. The lowest BCUT2D eigenvalue weighted by atomic mass is 10.2. The highest BCUT2D eigenvalue weighted by Gasteiger charge is 2.13. The summed E-state index contributed by atoms with van der Waals surface area (Å²) in [5, 5.41) is 5.28. The molecule has 0 aliphatic rings. The van der Waals surface area contributed by atoms with E-state index in [1.54, 1.807) is 11.3 Å². The topological polar surface area (TPSA) is 59.1 Å². The van der Waals surface area contributed by atoms with Gasteiger partial charge in [-0.05, 0) is 38.1 Å². The molecule has 3 rings (SSSR count). The zero-order chi connectivity index (χ0) is 17.1. The number of aromatic nitrogens is 1. The van der Waals surface area contributed by atoms with Crippen LogP contribution in [0.4, 0.5) is 5.13 Å². The molecule has 1 N–H and O–H groups in total. The number of hydrogen-bond acceptors (Lipinski definition) is 6. The second-order valence-electron chi connectivity index (χ2n) is 5.33. The van der Waals surface area contributed by atoms with E-state index in [4.69, 9.17) is 0 Å². The molecule has 0 fully saturated rings. The van der Waals surface area contributed by atoms with Crippen LogP contribution in [-0.2, 0) is 4.79 Å². The third-order valence-corrected chi connectivity index (χ3v) is 6.16. The third kappa shape index (κ3) is 4.17. The number of anilines is 1. The average Bonchev–Trinajstić information content (AvgIpc) is 3.26. The Morgan fingerprint density at radius 2 is 1.79 bits per heavy atom. The van der Waals surface area contributed by atoms with Crippen LogP contribution in [0.1, 0.15) is 32.3 Å². The second-order valence-corrected chi connectivity index (χ2v) is 8.76. The Bertz CT molecular complexity index is 876. The summed E-state index contributed by atoms with van der Waals surface area (Å²) < 4.78 is 0. The van der Waals surface area contributed by atoms with Crippen molar-refractivity contribution in [2.75, 3.05) is 5.32 Å². The number of thiophene rings is 2. The van der Waals surface area contributed by atoms with Crippen molar-refractivity contribution in [1.82, 2.24) is 4.98 Å². The van der Waals surface area contributed by atoms with Gasteiger partial charge in [-0.2, -0.15) is 0 Å². The third-order valence-electron chi connectivity index (χ3n) is 3.34. The van der Waals surface area contributed by atoms with Gasteiger partial charge in [0.25, 0.3) is 0 Å². The maximum absolute atomic E-state index is 12.0. The smallest absolute Gasteiger partial charge is 0.226 e. The number of Topliss-reactive ketones (excluding diaryl/α,β-unsaturated/α-hetero) is 1. The van der Waals surface area contributed by atoms with E-state index in [1.807, 2.05) is 30.5 Å². The van der Waals surface area contributed by atoms with Crippen molar-refractivity contribution < 1.29 is 9.59 Å². The van der Waals surface area contributed by atoms with Crippen molar-refractivity contribution in [3.63, 3.8) is 0 Å². The highest BCUT2D eigenvalue weighted by molar-refractivity contribution is 7.17. The summed E-state index contributed by atoms with van der Waals surface area (Å²) in [4.78, 5) is 32.6. The van der Waals surface area contributed by atoms with Crippen LogP contribution >= 0.6 is 34.0 Å². The van der Waals surface area contributed by atoms with Crippen LogP contribution in [-0.4, -0.2) is 16.7 Å². The van der Waals surface area contributed by atoms with Gasteiger partial charge in [-0.25, -0.2) is 4.98 Å². The van der Waals surface area contributed by atoms with Crippen molar-refractivity contribution in [2.24, 2.45) is 0 Å². The van der Waals surface area contributed by atoms with E-state index in [0.717, 1.165) is 15.4 Å². The predicted molar refractivity (Wildman–Crippen MR) is 101 cm³/mol. The molecule has 3 aromatic heterocycles. The number of nitrogens with one attached hydrogen (secondary N) is 1. The van der Waals surface area contributed by atoms with Crippen molar-refractivity contribution in [3.05, 3.63) is 44.3 Å². The molecule has 0 bridgehead atoms. The van der Waals surface area contributed by atoms with E-state index in [2.05, 4.69) is 23.3 Å². The van der Waals surface area contributed by atoms with Gasteiger partial charge in [0, 0.05) is 28.0 Å². The Hall–Kier alpha value is -1.83. The fourth-order valence-electron chi connectivity index (χ4n) is 2.13. The Kier molecular flexibility index (Phi) is 5.23. The van der Waals surface area contributed by atoms with E-state index in [1.165, 1.54) is 27.6 Å². The van der Waals surface area contributed by atoms with Crippen LogP contribution in [0.15, 0.2) is 29.6 Å². The molecular weight excluding hydrogens is 360 g/mol. The van der Waals surface area contributed by atoms with Gasteiger partial charge >= 0.3 is 0 Å². The first-order chi connectivity index (χ1) is 11.5. The van der Waals surface area contributed by atoms with E-state index in [-0.39, 0.29) is 24.5 Å². The minimum Gasteiger partial charge on any atom is -0.302 e. The zero-order valence-electron chi connectivity index (χ0n) is 13.3. The van der Waals surface area contributed by atoms with Gasteiger partial charge in [-0.3, -0.25) is 9.59 Å². The van der Waals surface area contributed by atoms with E-state index in [0.29, 0.717) is 10.0 Å². The monoisotopic (exact) mass is 376 g/mol. The maximum atomic E-state index is 12.0. The maximum Gasteiger partial charge on any atom is 0.226 e. The second kappa shape index (κ2) is 7.38. The lowest BCUT2D eigenvalue weighted by Crippen LogP contribution is -2.13. The number of aryl methyl sites for hydroxylation is 2. The van der Waals surface area contributed by atoms with E-state index < -0.39 is 0 Å².